The van der Waals surface area contributed by atoms with E-state index < -0.39 is 0 Å². The van der Waals surface area contributed by atoms with Gasteiger partial charge in [0.05, 0.1) is 17.4 Å². The number of hydrogen-bond acceptors (Lipinski definition) is 4. The van der Waals surface area contributed by atoms with E-state index in [0.717, 1.165) is 20.9 Å². The Labute approximate surface area is 130 Å². The third-order valence-corrected chi connectivity index (χ3v) is 3.84. The van der Waals surface area contributed by atoms with Crippen LogP contribution in [0.15, 0.2) is 53.1 Å². The fraction of sp³-hybridized carbons (Fsp3) is 0. The van der Waals surface area contributed by atoms with Gasteiger partial charge in [-0.1, -0.05) is 40.2 Å². The number of benzene rings is 2. The van der Waals surface area contributed by atoms with Crippen molar-refractivity contribution in [2.75, 3.05) is 11.1 Å². The number of hydrogen-bond donors (Lipinski definition) is 2. The van der Waals surface area contributed by atoms with Crippen molar-refractivity contribution in [3.05, 3.63) is 58.7 Å². The number of nitrogen functional groups attached to an aromatic ring is 1. The molecule has 4 nitrogen and oxygen atoms in total. The molecule has 21 heavy (non-hydrogen) atoms. The molecule has 0 unspecified atom stereocenters. The summed E-state index contributed by atoms with van der Waals surface area (Å²) in [5.74, 6) is 0.499. The molecule has 0 bridgehead atoms. The molecule has 3 N–H and O–H groups in total. The summed E-state index contributed by atoms with van der Waals surface area (Å²) in [5, 5.41) is 14.5. The normalized spacial score (nSPS) is 10.3. The predicted octanol–water partition coefficient (Wildman–Crippen LogP) is 4.19. The number of nitrogens with two attached hydrogens (primary N) is 1. The molecule has 0 atom stereocenters. The molecular formula is C16H11BrN4. The summed E-state index contributed by atoms with van der Waals surface area (Å²) in [5.41, 5.74) is 7.44. The van der Waals surface area contributed by atoms with Crippen LogP contribution in [0.5, 0.6) is 0 Å². The first-order chi connectivity index (χ1) is 10.2. The molecule has 0 aliphatic carbocycles. The van der Waals surface area contributed by atoms with Crippen LogP contribution in [0.4, 0.5) is 17.2 Å². The second kappa shape index (κ2) is 5.43. The molecule has 5 heteroatoms. The highest BCUT2D eigenvalue weighted by molar-refractivity contribution is 9.10. The molecule has 102 valence electrons. The molecular weight excluding hydrogens is 328 g/mol. The first-order valence-corrected chi connectivity index (χ1v) is 7.08. The molecule has 0 saturated carbocycles. The Hall–Kier alpha value is -2.58. The summed E-state index contributed by atoms with van der Waals surface area (Å²) in [7, 11) is 0. The van der Waals surface area contributed by atoms with Gasteiger partial charge < -0.3 is 11.1 Å². The zero-order chi connectivity index (χ0) is 14.8. The van der Waals surface area contributed by atoms with Gasteiger partial charge in [0, 0.05) is 15.5 Å². The summed E-state index contributed by atoms with van der Waals surface area (Å²) in [6, 6.07) is 15.6. The number of nitrogens with zero attached hydrogens (tertiary/aromatic N) is 2. The molecule has 3 aromatic rings. The van der Waals surface area contributed by atoms with Gasteiger partial charge >= 0.3 is 0 Å². The Morgan fingerprint density at radius 2 is 1.90 bits per heavy atom. The van der Waals surface area contributed by atoms with E-state index in [1.807, 2.05) is 36.4 Å². The van der Waals surface area contributed by atoms with Gasteiger partial charge in [-0.25, -0.2) is 4.98 Å². The average Bonchev–Trinajstić information content (AvgIpc) is 2.52. The monoisotopic (exact) mass is 338 g/mol. The third kappa shape index (κ3) is 2.54. The fourth-order valence-electron chi connectivity index (χ4n) is 2.16. The van der Waals surface area contributed by atoms with Crippen molar-refractivity contribution in [3.63, 3.8) is 0 Å². The van der Waals surface area contributed by atoms with E-state index in [4.69, 9.17) is 5.73 Å². The zero-order valence-electron chi connectivity index (χ0n) is 11.0. The van der Waals surface area contributed by atoms with Gasteiger partial charge in [0.25, 0.3) is 0 Å². The maximum atomic E-state index is 9.19. The summed E-state index contributed by atoms with van der Waals surface area (Å²) >= 11 is 3.54. The van der Waals surface area contributed by atoms with E-state index in [1.165, 1.54) is 6.20 Å². The summed E-state index contributed by atoms with van der Waals surface area (Å²) in [4.78, 5) is 4.20. The molecule has 0 spiro atoms. The number of halogens is 1. The Kier molecular flexibility index (Phi) is 3.46. The summed E-state index contributed by atoms with van der Waals surface area (Å²) < 4.78 is 1.02. The van der Waals surface area contributed by atoms with Gasteiger partial charge in [0.2, 0.25) is 0 Å². The number of nitriles is 1. The number of pyridine rings is 1. The van der Waals surface area contributed by atoms with Gasteiger partial charge in [-0.15, -0.1) is 0 Å². The Morgan fingerprint density at radius 3 is 2.67 bits per heavy atom. The van der Waals surface area contributed by atoms with Crippen LogP contribution in [0.3, 0.4) is 0 Å². The van der Waals surface area contributed by atoms with Crippen molar-refractivity contribution in [1.82, 2.24) is 4.98 Å². The quantitative estimate of drug-likeness (QED) is 0.734. The molecule has 0 aliphatic rings. The number of rotatable bonds is 2. The molecule has 1 heterocycles. The lowest BCUT2D eigenvalue weighted by atomic mass is 10.1. The van der Waals surface area contributed by atoms with Crippen molar-refractivity contribution in [2.45, 2.75) is 0 Å². The Bertz CT molecular complexity index is 868. The number of nitrogens with one attached hydrogen (secondary N) is 1. The number of anilines is 3. The topological polar surface area (TPSA) is 74.7 Å². The van der Waals surface area contributed by atoms with E-state index >= 15 is 0 Å². The van der Waals surface area contributed by atoms with Crippen molar-refractivity contribution in [3.8, 4) is 6.07 Å². The summed E-state index contributed by atoms with van der Waals surface area (Å²) in [6.45, 7) is 0. The second-order valence-corrected chi connectivity index (χ2v) is 5.40. The van der Waals surface area contributed by atoms with Crippen LogP contribution >= 0.6 is 15.9 Å². The molecule has 1 aromatic heterocycles. The van der Waals surface area contributed by atoms with Gasteiger partial charge in [0.15, 0.2) is 0 Å². The largest absolute Gasteiger partial charge is 0.397 e. The zero-order valence-corrected chi connectivity index (χ0v) is 12.6. The second-order valence-electron chi connectivity index (χ2n) is 4.54. The van der Waals surface area contributed by atoms with Crippen LogP contribution < -0.4 is 11.1 Å². The van der Waals surface area contributed by atoms with Crippen molar-refractivity contribution >= 4 is 43.9 Å². The van der Waals surface area contributed by atoms with Gasteiger partial charge in [-0.2, -0.15) is 5.26 Å². The number of fused-ring (bicyclic) bond motifs is 1. The van der Waals surface area contributed by atoms with Crippen molar-refractivity contribution in [2.24, 2.45) is 0 Å². The highest BCUT2D eigenvalue weighted by atomic mass is 79.9. The van der Waals surface area contributed by atoms with E-state index in [-0.39, 0.29) is 0 Å². The van der Waals surface area contributed by atoms with Crippen LogP contribution in [-0.4, -0.2) is 4.98 Å². The fourth-order valence-corrected chi connectivity index (χ4v) is 2.64. The smallest absolute Gasteiger partial charge is 0.148 e. The molecule has 0 saturated heterocycles. The first-order valence-electron chi connectivity index (χ1n) is 6.29. The lowest BCUT2D eigenvalue weighted by molar-refractivity contribution is 1.29. The van der Waals surface area contributed by atoms with Crippen LogP contribution in [0, 0.1) is 11.3 Å². The molecule has 3 rings (SSSR count). The number of aromatic nitrogens is 1. The van der Waals surface area contributed by atoms with Crippen molar-refractivity contribution < 1.29 is 0 Å². The molecule has 0 radical (unpaired) electrons. The highest BCUT2D eigenvalue weighted by Crippen LogP contribution is 2.32. The van der Waals surface area contributed by atoms with Crippen LogP contribution in [0.2, 0.25) is 0 Å². The maximum Gasteiger partial charge on any atom is 0.148 e. The van der Waals surface area contributed by atoms with E-state index in [2.05, 4.69) is 32.3 Å². The van der Waals surface area contributed by atoms with Gasteiger partial charge in [-0.05, 0) is 23.6 Å². The molecule has 0 amide bonds. The first kappa shape index (κ1) is 13.4. The third-order valence-electron chi connectivity index (χ3n) is 3.15. The molecule has 0 fully saturated rings. The van der Waals surface area contributed by atoms with E-state index in [9.17, 15) is 5.26 Å². The SMILES string of the molecule is N#Cc1cc(N)cnc1Nc1ccc(Br)c2ccccc12. The van der Waals surface area contributed by atoms with Crippen LogP contribution in [0.25, 0.3) is 10.8 Å². The van der Waals surface area contributed by atoms with Crippen LogP contribution in [0.1, 0.15) is 5.56 Å². The van der Waals surface area contributed by atoms with Crippen molar-refractivity contribution in [1.29, 1.82) is 5.26 Å². The minimum atomic E-state index is 0.419. The Balaban J connectivity index is 2.11. The lowest BCUT2D eigenvalue weighted by Crippen LogP contribution is -1.99. The predicted molar refractivity (Wildman–Crippen MR) is 88.3 cm³/mol. The van der Waals surface area contributed by atoms with Gasteiger partial charge in [0.1, 0.15) is 11.9 Å². The lowest BCUT2D eigenvalue weighted by Gasteiger charge is -2.11. The van der Waals surface area contributed by atoms with E-state index in [0.29, 0.717) is 17.1 Å². The Morgan fingerprint density at radius 1 is 1.14 bits per heavy atom. The average molecular weight is 339 g/mol. The van der Waals surface area contributed by atoms with Crippen LogP contribution in [-0.2, 0) is 0 Å². The van der Waals surface area contributed by atoms with Gasteiger partial charge in [-0.3, -0.25) is 0 Å². The maximum absolute atomic E-state index is 9.19. The standard InChI is InChI=1S/C16H11BrN4/c17-14-5-6-15(13-4-2-1-3-12(13)14)21-16-10(8-18)7-11(19)9-20-16/h1-7,9H,19H2,(H,20,21). The summed E-state index contributed by atoms with van der Waals surface area (Å²) in [6.07, 6.45) is 1.53. The van der Waals surface area contributed by atoms with E-state index in [1.54, 1.807) is 6.07 Å². The minimum absolute atomic E-state index is 0.419. The molecule has 2 aromatic carbocycles. The highest BCUT2D eigenvalue weighted by Gasteiger charge is 2.08. The minimum Gasteiger partial charge on any atom is -0.397 e. The molecule has 0 aliphatic heterocycles.